The molecule has 3 heterocycles. The Morgan fingerprint density at radius 3 is 2.74 bits per heavy atom. The van der Waals surface area contributed by atoms with Crippen LogP contribution in [0.15, 0.2) is 18.2 Å². The number of piperidine rings is 2. The summed E-state index contributed by atoms with van der Waals surface area (Å²) in [7, 11) is 0. The van der Waals surface area contributed by atoms with Crippen LogP contribution in [0.2, 0.25) is 0 Å². The molecule has 8 heteroatoms. The van der Waals surface area contributed by atoms with E-state index in [1.807, 2.05) is 32.9 Å². The number of amides is 3. The van der Waals surface area contributed by atoms with E-state index >= 15 is 0 Å². The maximum absolute atomic E-state index is 12.6. The maximum atomic E-state index is 12.6. The van der Waals surface area contributed by atoms with Gasteiger partial charge in [-0.05, 0) is 46.1 Å². The first-order valence-electron chi connectivity index (χ1n) is 11.1. The molecule has 3 amide bonds. The van der Waals surface area contributed by atoms with E-state index in [4.69, 9.17) is 9.47 Å². The summed E-state index contributed by atoms with van der Waals surface area (Å²) in [6.45, 7) is 7.95. The number of nitrogens with zero attached hydrogens (tertiary/aromatic N) is 2. The number of imide groups is 1. The van der Waals surface area contributed by atoms with E-state index in [-0.39, 0.29) is 29.9 Å². The van der Waals surface area contributed by atoms with Gasteiger partial charge in [0, 0.05) is 31.0 Å². The largest absolute Gasteiger partial charge is 0.489 e. The Bertz CT molecular complexity index is 878. The third-order valence-electron chi connectivity index (χ3n) is 6.01. The van der Waals surface area contributed by atoms with Crippen LogP contribution in [-0.2, 0) is 14.3 Å². The highest BCUT2D eigenvalue weighted by Gasteiger charge is 2.37. The van der Waals surface area contributed by atoms with E-state index < -0.39 is 5.60 Å². The van der Waals surface area contributed by atoms with Gasteiger partial charge in [-0.25, -0.2) is 4.79 Å². The number of anilines is 1. The number of rotatable bonds is 2. The van der Waals surface area contributed by atoms with Gasteiger partial charge in [0.05, 0.1) is 12.2 Å². The molecule has 8 nitrogen and oxygen atoms in total. The van der Waals surface area contributed by atoms with Gasteiger partial charge in [0.2, 0.25) is 11.8 Å². The van der Waals surface area contributed by atoms with Gasteiger partial charge >= 0.3 is 6.09 Å². The number of likely N-dealkylation sites (tertiary alicyclic amines) is 1. The molecule has 2 saturated heterocycles. The Morgan fingerprint density at radius 2 is 2.00 bits per heavy atom. The molecule has 2 atom stereocenters. The quantitative estimate of drug-likeness (QED) is 0.728. The molecule has 1 aromatic rings. The standard InChI is InChI=1S/C23H31N3O5/c1-23(2,3)31-22(29)25-11-5-6-15(14-25)16-7-4-8-17-20(16)30-13-12-26(17)18-9-10-19(27)24-21(18)28/h4,7-8,15,18H,5-6,9-14H2,1-3H3,(H,24,27,28)/t15-,18?/m0/s1. The molecule has 31 heavy (non-hydrogen) atoms. The van der Waals surface area contributed by atoms with Crippen LogP contribution in [0, 0.1) is 0 Å². The van der Waals surface area contributed by atoms with Crippen LogP contribution in [0.1, 0.15) is 57.9 Å². The van der Waals surface area contributed by atoms with Crippen molar-refractivity contribution in [3.05, 3.63) is 23.8 Å². The highest BCUT2D eigenvalue weighted by Crippen LogP contribution is 2.42. The van der Waals surface area contributed by atoms with Gasteiger partial charge in [-0.15, -0.1) is 0 Å². The van der Waals surface area contributed by atoms with E-state index in [2.05, 4.69) is 16.3 Å². The lowest BCUT2D eigenvalue weighted by molar-refractivity contribution is -0.134. The molecule has 2 fully saturated rings. The Morgan fingerprint density at radius 1 is 1.19 bits per heavy atom. The van der Waals surface area contributed by atoms with Crippen molar-refractivity contribution < 1.29 is 23.9 Å². The minimum atomic E-state index is -0.526. The van der Waals surface area contributed by atoms with Crippen molar-refractivity contribution in [3.8, 4) is 5.75 Å². The number of hydrogen-bond donors (Lipinski definition) is 1. The van der Waals surface area contributed by atoms with Crippen LogP contribution in [0.5, 0.6) is 5.75 Å². The Hall–Kier alpha value is -2.77. The number of hydrogen-bond acceptors (Lipinski definition) is 6. The van der Waals surface area contributed by atoms with Crippen molar-refractivity contribution >= 4 is 23.6 Å². The predicted octanol–water partition coefficient (Wildman–Crippen LogP) is 2.81. The summed E-state index contributed by atoms with van der Waals surface area (Å²) in [5.41, 5.74) is 1.41. The van der Waals surface area contributed by atoms with E-state index in [9.17, 15) is 14.4 Å². The van der Waals surface area contributed by atoms with E-state index in [0.29, 0.717) is 39.1 Å². The van der Waals surface area contributed by atoms with E-state index in [1.165, 1.54) is 0 Å². The summed E-state index contributed by atoms with van der Waals surface area (Å²) >= 11 is 0. The molecule has 4 rings (SSSR count). The minimum absolute atomic E-state index is 0.137. The van der Waals surface area contributed by atoms with Crippen molar-refractivity contribution in [2.45, 2.75) is 64.0 Å². The molecule has 1 unspecified atom stereocenters. The third-order valence-corrected chi connectivity index (χ3v) is 6.01. The summed E-state index contributed by atoms with van der Waals surface area (Å²) in [5.74, 6) is 0.462. The molecule has 0 aromatic heterocycles. The Balaban J connectivity index is 1.56. The van der Waals surface area contributed by atoms with Crippen molar-refractivity contribution in [2.24, 2.45) is 0 Å². The predicted molar refractivity (Wildman–Crippen MR) is 115 cm³/mol. The second kappa shape index (κ2) is 8.40. The summed E-state index contributed by atoms with van der Waals surface area (Å²) in [6, 6.07) is 5.63. The van der Waals surface area contributed by atoms with Crippen LogP contribution >= 0.6 is 0 Å². The fraction of sp³-hybridized carbons (Fsp3) is 0.609. The number of fused-ring (bicyclic) bond motifs is 1. The van der Waals surface area contributed by atoms with Gasteiger partial charge in [0.25, 0.3) is 0 Å². The normalized spacial score (nSPS) is 24.2. The first kappa shape index (κ1) is 21.5. The summed E-state index contributed by atoms with van der Waals surface area (Å²) < 4.78 is 11.7. The topological polar surface area (TPSA) is 88.2 Å². The molecule has 3 aliphatic heterocycles. The Labute approximate surface area is 182 Å². The van der Waals surface area contributed by atoms with Crippen molar-refractivity contribution in [3.63, 3.8) is 0 Å². The van der Waals surface area contributed by atoms with Gasteiger partial charge in [-0.1, -0.05) is 12.1 Å². The molecule has 168 valence electrons. The Kier molecular flexibility index (Phi) is 5.81. The van der Waals surface area contributed by atoms with E-state index in [1.54, 1.807) is 4.90 Å². The first-order chi connectivity index (χ1) is 14.7. The van der Waals surface area contributed by atoms with Crippen LogP contribution in [0.25, 0.3) is 0 Å². The van der Waals surface area contributed by atoms with Crippen molar-refractivity contribution in [1.29, 1.82) is 0 Å². The molecular weight excluding hydrogens is 398 g/mol. The second-order valence-electron chi connectivity index (χ2n) is 9.47. The number of carbonyl (C=O) groups excluding carboxylic acids is 3. The molecule has 1 N–H and O–H groups in total. The van der Waals surface area contributed by atoms with E-state index in [0.717, 1.165) is 29.8 Å². The van der Waals surface area contributed by atoms with Crippen LogP contribution in [0.4, 0.5) is 10.5 Å². The zero-order valence-electron chi connectivity index (χ0n) is 18.5. The highest BCUT2D eigenvalue weighted by molar-refractivity contribution is 6.02. The average molecular weight is 430 g/mol. The van der Waals surface area contributed by atoms with Gasteiger partial charge < -0.3 is 19.3 Å². The molecule has 0 aliphatic carbocycles. The molecule has 0 saturated carbocycles. The van der Waals surface area contributed by atoms with Crippen molar-refractivity contribution in [1.82, 2.24) is 10.2 Å². The summed E-state index contributed by atoms with van der Waals surface area (Å²) in [6.07, 6.45) is 2.41. The number of nitrogens with one attached hydrogen (secondary N) is 1. The second-order valence-corrected chi connectivity index (χ2v) is 9.47. The molecule has 1 aromatic carbocycles. The smallest absolute Gasteiger partial charge is 0.410 e. The van der Waals surface area contributed by atoms with Crippen LogP contribution in [-0.4, -0.2) is 60.7 Å². The lowest BCUT2D eigenvalue weighted by Gasteiger charge is -2.40. The minimum Gasteiger partial charge on any atom is -0.489 e. The zero-order valence-corrected chi connectivity index (χ0v) is 18.5. The number of benzene rings is 1. The fourth-order valence-corrected chi connectivity index (χ4v) is 4.64. The molecule has 0 radical (unpaired) electrons. The molecule has 0 bridgehead atoms. The van der Waals surface area contributed by atoms with Crippen LogP contribution < -0.4 is 15.0 Å². The maximum Gasteiger partial charge on any atom is 0.410 e. The zero-order chi connectivity index (χ0) is 22.2. The van der Waals surface area contributed by atoms with Crippen molar-refractivity contribution in [2.75, 3.05) is 31.1 Å². The fourth-order valence-electron chi connectivity index (χ4n) is 4.64. The highest BCUT2D eigenvalue weighted by atomic mass is 16.6. The van der Waals surface area contributed by atoms with Gasteiger partial charge in [0.1, 0.15) is 24.0 Å². The van der Waals surface area contributed by atoms with Gasteiger partial charge in [-0.3, -0.25) is 14.9 Å². The molecule has 0 spiro atoms. The third kappa shape index (κ3) is 4.62. The SMILES string of the molecule is CC(C)(C)OC(=O)N1CCC[C@H](c2cccc3c2OCCN3C2CCC(=O)NC2=O)C1. The number of ether oxygens (including phenoxy) is 2. The lowest BCUT2D eigenvalue weighted by Crippen LogP contribution is -2.54. The number of carbonyl (C=O) groups is 3. The monoisotopic (exact) mass is 429 g/mol. The average Bonchev–Trinajstić information content (AvgIpc) is 2.72. The summed E-state index contributed by atoms with van der Waals surface area (Å²) in [5, 5.41) is 2.45. The molecular formula is C23H31N3O5. The first-order valence-corrected chi connectivity index (χ1v) is 11.1. The van der Waals surface area contributed by atoms with Crippen LogP contribution in [0.3, 0.4) is 0 Å². The summed E-state index contributed by atoms with van der Waals surface area (Å²) in [4.78, 5) is 40.4. The number of para-hydroxylation sites is 1. The lowest BCUT2D eigenvalue weighted by atomic mass is 9.89. The van der Waals surface area contributed by atoms with Gasteiger partial charge in [0.15, 0.2) is 0 Å². The molecule has 3 aliphatic rings. The van der Waals surface area contributed by atoms with Gasteiger partial charge in [-0.2, -0.15) is 0 Å².